The Morgan fingerprint density at radius 3 is 0.854 bits per heavy atom. The molecule has 10 aromatic carbocycles. The zero-order chi connectivity index (χ0) is 95.8. The zero-order valence-electron chi connectivity index (χ0n) is 69.8. The first-order valence-electron chi connectivity index (χ1n) is 38.6. The number of rotatable bonds is 27. The molecule has 0 saturated heterocycles. The van der Waals surface area contributed by atoms with Crippen molar-refractivity contribution in [3.05, 3.63) is 380 Å². The Morgan fingerprint density at radius 2 is 0.562 bits per heavy atom. The fourth-order valence-corrected chi connectivity index (χ4v) is 12.8. The largest absolute Gasteiger partial charge is 0.462 e. The molecule has 0 spiro atoms. The molecule has 658 valence electrons. The molecular formula is C99H72Cl9N5O17. The number of aryl methyl sites for hydroxylation is 1. The maximum Gasteiger partial charge on any atom is 0.348 e. The van der Waals surface area contributed by atoms with E-state index in [1.165, 1.54) is 66.8 Å². The van der Waals surface area contributed by atoms with Gasteiger partial charge >= 0.3 is 35.8 Å². The maximum atomic E-state index is 12.7. The summed E-state index contributed by atoms with van der Waals surface area (Å²) in [7, 11) is 0. The van der Waals surface area contributed by atoms with Crippen LogP contribution in [0.25, 0.3) is 35.2 Å². The molecule has 0 atom stereocenters. The van der Waals surface area contributed by atoms with Gasteiger partial charge in [-0.05, 0) is 143 Å². The van der Waals surface area contributed by atoms with Crippen molar-refractivity contribution in [2.45, 2.75) is 48.5 Å². The number of carbonyl (C=O) groups excluding carboxylic acids is 11. The van der Waals surface area contributed by atoms with E-state index in [9.17, 15) is 52.7 Å². The van der Waals surface area contributed by atoms with Gasteiger partial charge in [-0.2, -0.15) is 21.0 Å². The van der Waals surface area contributed by atoms with Crippen molar-refractivity contribution in [2.75, 3.05) is 39.6 Å². The molecule has 0 N–H and O–H groups in total. The Labute approximate surface area is 793 Å². The van der Waals surface area contributed by atoms with E-state index >= 15 is 0 Å². The molecule has 31 heteroatoms. The predicted molar refractivity (Wildman–Crippen MR) is 500 cm³/mol. The van der Waals surface area contributed by atoms with E-state index in [-0.39, 0.29) is 158 Å². The summed E-state index contributed by atoms with van der Waals surface area (Å²) in [6.07, 6.45) is 6.89. The van der Waals surface area contributed by atoms with Gasteiger partial charge in [-0.3, -0.25) is 24.0 Å². The van der Waals surface area contributed by atoms with Crippen molar-refractivity contribution in [3.8, 4) is 24.3 Å². The molecule has 22 nitrogen and oxygen atoms in total. The Bertz CT molecular complexity index is 6280. The number of ether oxygens (including phenoxy) is 6. The first-order chi connectivity index (χ1) is 62.2. The third-order valence-corrected chi connectivity index (χ3v) is 20.3. The summed E-state index contributed by atoms with van der Waals surface area (Å²) in [6, 6.07) is 61.6. The summed E-state index contributed by atoms with van der Waals surface area (Å²) in [5.41, 5.74) is 7.26. The Kier molecular flexibility index (Phi) is 42.8. The average molecular weight is 1920 g/mol. The summed E-state index contributed by atoms with van der Waals surface area (Å²) < 4.78 is 29.2. The number of nitrogens with zero attached hydrogens (tertiary/aromatic N) is 5. The summed E-state index contributed by atoms with van der Waals surface area (Å²) in [6.45, 7) is 19.7. The minimum atomic E-state index is -0.784. The first kappa shape index (κ1) is 105. The summed E-state index contributed by atoms with van der Waals surface area (Å²) in [5.74, 6) is -5.73. The fourth-order valence-electron chi connectivity index (χ4n) is 10.9. The lowest BCUT2D eigenvalue weighted by molar-refractivity contribution is -0.148. The van der Waals surface area contributed by atoms with Crippen LogP contribution in [-0.2, 0) is 57.2 Å². The molecule has 10 rings (SSSR count). The van der Waals surface area contributed by atoms with Crippen molar-refractivity contribution in [1.82, 2.24) is 0 Å². The van der Waals surface area contributed by atoms with Crippen molar-refractivity contribution < 1.29 is 81.2 Å². The highest BCUT2D eigenvalue weighted by Crippen LogP contribution is 2.35. The predicted octanol–water partition coefficient (Wildman–Crippen LogP) is 23.7. The van der Waals surface area contributed by atoms with Crippen LogP contribution in [0.15, 0.2) is 234 Å². The summed E-state index contributed by atoms with van der Waals surface area (Å²) in [5, 5.41) is 37.8. The van der Waals surface area contributed by atoms with Gasteiger partial charge in [0.2, 0.25) is 0 Å². The molecule has 0 radical (unpaired) electrons. The normalized spacial score (nSPS) is 10.3. The minimum absolute atomic E-state index is 0.0958. The van der Waals surface area contributed by atoms with E-state index in [1.54, 1.807) is 224 Å². The van der Waals surface area contributed by atoms with E-state index in [1.807, 2.05) is 19.1 Å². The van der Waals surface area contributed by atoms with Crippen molar-refractivity contribution in [3.63, 3.8) is 0 Å². The van der Waals surface area contributed by atoms with Gasteiger partial charge in [-0.25, -0.2) is 33.6 Å². The molecule has 0 unspecified atom stereocenters. The van der Waals surface area contributed by atoms with E-state index in [2.05, 4.69) is 4.85 Å². The number of carbonyl (C=O) groups is 11. The second-order valence-corrected chi connectivity index (χ2v) is 29.7. The Hall–Kier alpha value is -13.9. The standard InChI is InChI=1S/C22H22O5.C21H17Cl3O5.C20H14N2O3.C19H12Cl3NO3.C17H7Cl3N2O/c1-4-26-21(24)19(22(25)27-5-2)14-16-8-12-18(13-9-16)20(23)17-10-6-15(3)7-11-17;1-3-28-20(26)15(21(27)29-4-2)9-12-5-7-13(8-6-12)19(25)14-10-17(23)18(24)11-16(14)22;1-3-25-20(24)17(13-21)12-14-4-6-15(7-5-14)19(23)16-8-10-18(22-2)11-9-16;1-2-26-19(25)13(10-23)7-11-3-5-12(6-4-11)18(24)14-8-16(21)17(22)9-15(14)20;18-14-7-16(20)15(19)6-13(14)17(23)12-4-2-1-3-11(12)5-10(8-21)9-22/h6-14H,4-5H2,1-3H3;5-11H,3-4H2,1-2H3;4-12H,3H2,1H3;3-9H,2H2,1H3;1-7H/b;;17-12-;13-7-;. The molecule has 130 heavy (non-hydrogen) atoms. The molecule has 0 saturated carbocycles. The van der Waals surface area contributed by atoms with E-state index in [4.69, 9.17) is 160 Å². The van der Waals surface area contributed by atoms with Gasteiger partial charge in [-0.15, -0.1) is 0 Å². The molecule has 0 aliphatic carbocycles. The number of ketones is 5. The number of hydrogen-bond acceptors (Lipinski definition) is 21. The van der Waals surface area contributed by atoms with Crippen LogP contribution in [0, 0.1) is 58.8 Å². The van der Waals surface area contributed by atoms with Gasteiger partial charge in [-0.1, -0.05) is 280 Å². The summed E-state index contributed by atoms with van der Waals surface area (Å²) >= 11 is 53.7. The number of nitriles is 4. The highest BCUT2D eigenvalue weighted by molar-refractivity contribution is 6.46. The lowest BCUT2D eigenvalue weighted by Crippen LogP contribution is -2.18. The van der Waals surface area contributed by atoms with Gasteiger partial charge in [0.25, 0.3) is 0 Å². The van der Waals surface area contributed by atoms with E-state index in [0.29, 0.717) is 72.4 Å². The van der Waals surface area contributed by atoms with Crippen LogP contribution in [0.5, 0.6) is 0 Å². The van der Waals surface area contributed by atoms with Gasteiger partial charge in [0.1, 0.15) is 52.1 Å². The Morgan fingerprint density at radius 1 is 0.300 bits per heavy atom. The monoisotopic (exact) mass is 1920 g/mol. The van der Waals surface area contributed by atoms with Gasteiger partial charge in [0.05, 0.1) is 91.4 Å². The topological polar surface area (TPSA) is 343 Å². The highest BCUT2D eigenvalue weighted by Gasteiger charge is 2.26. The number of halogens is 9. The first-order valence-corrected chi connectivity index (χ1v) is 42.0. The van der Waals surface area contributed by atoms with Crippen molar-refractivity contribution >= 4 is 205 Å². The third kappa shape index (κ3) is 31.0. The molecular weight excluding hydrogens is 1850 g/mol. The van der Waals surface area contributed by atoms with Crippen LogP contribution in [0.1, 0.15) is 155 Å². The van der Waals surface area contributed by atoms with E-state index in [0.717, 1.165) is 5.56 Å². The molecule has 0 heterocycles. The molecule has 10 aromatic rings. The number of esters is 6. The van der Waals surface area contributed by atoms with Crippen LogP contribution >= 0.6 is 104 Å². The molecule has 0 bridgehead atoms. The smallest absolute Gasteiger partial charge is 0.348 e. The van der Waals surface area contributed by atoms with Crippen LogP contribution in [0.3, 0.4) is 0 Å². The quantitative estimate of drug-likeness (QED) is 0.00531. The lowest BCUT2D eigenvalue weighted by atomic mass is 9.97. The van der Waals surface area contributed by atoms with Crippen molar-refractivity contribution in [1.29, 1.82) is 21.0 Å². The van der Waals surface area contributed by atoms with Crippen molar-refractivity contribution in [2.24, 2.45) is 0 Å². The average Bonchev–Trinajstić information content (AvgIpc) is 0.806. The number of hydrogen-bond donors (Lipinski definition) is 0. The number of benzene rings is 10. The molecule has 0 amide bonds. The third-order valence-electron chi connectivity index (χ3n) is 17.2. The molecule has 0 aliphatic heterocycles. The summed E-state index contributed by atoms with van der Waals surface area (Å²) in [4.78, 5) is 138. The zero-order valence-corrected chi connectivity index (χ0v) is 76.6. The van der Waals surface area contributed by atoms with Gasteiger partial charge < -0.3 is 28.4 Å². The number of allylic oxidation sites excluding steroid dienone is 1. The molecule has 0 aromatic heterocycles. The fraction of sp³-hybridized carbons (Fsp3) is 0.131. The van der Waals surface area contributed by atoms with Gasteiger partial charge in [0, 0.05) is 55.6 Å². The SMILES string of the molecule is CCOC(=O)/C(C#N)=C\c1ccc(C(=O)c2cc(Cl)c(Cl)cc2Cl)cc1.CCOC(=O)C(=Cc1ccc(C(=O)c2cc(Cl)c(Cl)cc2Cl)cc1)C(=O)OCC.CCOC(=O)C(=Cc1ccc(C(=O)c2ccc(C)cc2)cc1)C(=O)OCC.N#CC(C#N)=Cc1ccccc1C(=O)c1cc(Cl)c(Cl)cc1Cl.[C-]#[N+]c1ccc(C(=O)c2ccc(/C=C(/C#N)C(=O)OCC)cc2)cc1. The van der Waals surface area contributed by atoms with Crippen LogP contribution in [0.4, 0.5) is 5.69 Å². The van der Waals surface area contributed by atoms with E-state index < -0.39 is 35.8 Å². The van der Waals surface area contributed by atoms with Crippen LogP contribution < -0.4 is 0 Å². The molecule has 0 aliphatic rings. The maximum absolute atomic E-state index is 12.7. The lowest BCUT2D eigenvalue weighted by Gasteiger charge is -2.08. The second-order valence-electron chi connectivity index (χ2n) is 26.0. The van der Waals surface area contributed by atoms with Gasteiger partial charge in [0.15, 0.2) is 34.6 Å². The molecule has 0 fully saturated rings. The van der Waals surface area contributed by atoms with Crippen LogP contribution in [0.2, 0.25) is 45.2 Å². The highest BCUT2D eigenvalue weighted by atomic mass is 35.5. The second kappa shape index (κ2) is 53.1. The van der Waals surface area contributed by atoms with Crippen LogP contribution in [-0.4, -0.2) is 104 Å². The minimum Gasteiger partial charge on any atom is -0.462 e. The Balaban J connectivity index is 0.000000251.